The minimum absolute atomic E-state index is 0.0787. The molecule has 0 radical (unpaired) electrons. The van der Waals surface area contributed by atoms with Crippen molar-refractivity contribution in [3.63, 3.8) is 0 Å². The number of amides is 1. The molecule has 0 unspecified atom stereocenters. The molecule has 0 aliphatic carbocycles. The summed E-state index contributed by atoms with van der Waals surface area (Å²) in [5.41, 5.74) is 2.06. The first kappa shape index (κ1) is 16.6. The van der Waals surface area contributed by atoms with Crippen molar-refractivity contribution in [3.05, 3.63) is 65.7 Å². The van der Waals surface area contributed by atoms with Crippen LogP contribution in [0.4, 0.5) is 0 Å². The first-order chi connectivity index (χ1) is 11.2. The van der Waals surface area contributed by atoms with Crippen LogP contribution in [0.15, 0.2) is 54.6 Å². The average Bonchev–Trinajstić information content (AvgIpc) is 2.59. The van der Waals surface area contributed by atoms with Crippen molar-refractivity contribution in [2.24, 2.45) is 0 Å². The van der Waals surface area contributed by atoms with Gasteiger partial charge in [0.1, 0.15) is 0 Å². The maximum Gasteiger partial charge on any atom is 0.243 e. The van der Waals surface area contributed by atoms with E-state index in [9.17, 15) is 9.90 Å². The van der Waals surface area contributed by atoms with Gasteiger partial charge in [-0.15, -0.1) is 0 Å². The fraction of sp³-hybridized carbons (Fsp3) is 0.211. The molecule has 0 heterocycles. The molecule has 0 atom stereocenters. The first-order valence-corrected chi connectivity index (χ1v) is 7.56. The van der Waals surface area contributed by atoms with Crippen molar-refractivity contribution in [2.75, 3.05) is 13.7 Å². The number of aryl methyl sites for hydroxylation is 1. The average molecular weight is 311 g/mol. The minimum atomic E-state index is -0.134. The second-order valence-corrected chi connectivity index (χ2v) is 5.14. The number of phenolic OH excluding ortho intramolecular Hbond substituents is 1. The van der Waals surface area contributed by atoms with Crippen molar-refractivity contribution < 1.29 is 14.6 Å². The number of aromatic hydroxyl groups is 1. The second-order valence-electron chi connectivity index (χ2n) is 5.14. The summed E-state index contributed by atoms with van der Waals surface area (Å²) in [6.07, 6.45) is 5.01. The molecule has 0 saturated heterocycles. The van der Waals surface area contributed by atoms with Gasteiger partial charge in [-0.1, -0.05) is 36.4 Å². The molecule has 120 valence electrons. The number of carbonyl (C=O) groups is 1. The van der Waals surface area contributed by atoms with E-state index in [-0.39, 0.29) is 11.7 Å². The van der Waals surface area contributed by atoms with Gasteiger partial charge in [-0.05, 0) is 42.2 Å². The maximum atomic E-state index is 11.8. The van der Waals surface area contributed by atoms with E-state index < -0.39 is 0 Å². The van der Waals surface area contributed by atoms with Gasteiger partial charge in [0.15, 0.2) is 11.5 Å². The Morgan fingerprint density at radius 1 is 1.22 bits per heavy atom. The van der Waals surface area contributed by atoms with Crippen molar-refractivity contribution in [3.8, 4) is 11.5 Å². The van der Waals surface area contributed by atoms with Crippen molar-refractivity contribution in [1.82, 2.24) is 5.32 Å². The van der Waals surface area contributed by atoms with E-state index in [0.717, 1.165) is 18.4 Å². The Kier molecular flexibility index (Phi) is 6.24. The summed E-state index contributed by atoms with van der Waals surface area (Å²) in [6.45, 7) is 0.636. The van der Waals surface area contributed by atoms with Gasteiger partial charge in [-0.3, -0.25) is 4.79 Å². The Morgan fingerprint density at radius 3 is 2.74 bits per heavy atom. The highest BCUT2D eigenvalue weighted by atomic mass is 16.5. The highest BCUT2D eigenvalue weighted by molar-refractivity contribution is 5.91. The lowest BCUT2D eigenvalue weighted by Crippen LogP contribution is -2.22. The summed E-state index contributed by atoms with van der Waals surface area (Å²) < 4.78 is 5.03. The Balaban J connectivity index is 1.76. The molecule has 23 heavy (non-hydrogen) atoms. The molecule has 4 heteroatoms. The molecule has 4 nitrogen and oxygen atoms in total. The summed E-state index contributed by atoms with van der Waals surface area (Å²) in [6, 6.07) is 15.1. The number of ether oxygens (including phenoxy) is 1. The first-order valence-electron chi connectivity index (χ1n) is 7.56. The Hall–Kier alpha value is -2.75. The molecule has 0 saturated carbocycles. The number of hydrogen-bond acceptors (Lipinski definition) is 3. The van der Waals surface area contributed by atoms with E-state index >= 15 is 0 Å². The van der Waals surface area contributed by atoms with E-state index in [2.05, 4.69) is 17.4 Å². The van der Waals surface area contributed by atoms with Gasteiger partial charge in [0.25, 0.3) is 0 Å². The topological polar surface area (TPSA) is 58.6 Å². The van der Waals surface area contributed by atoms with E-state index in [4.69, 9.17) is 4.74 Å². The highest BCUT2D eigenvalue weighted by Gasteiger charge is 2.01. The van der Waals surface area contributed by atoms with Gasteiger partial charge in [0.2, 0.25) is 5.91 Å². The van der Waals surface area contributed by atoms with Gasteiger partial charge in [-0.2, -0.15) is 0 Å². The molecule has 0 bridgehead atoms. The predicted molar refractivity (Wildman–Crippen MR) is 91.5 cm³/mol. The Bertz CT molecular complexity index is 666. The fourth-order valence-corrected chi connectivity index (χ4v) is 2.18. The van der Waals surface area contributed by atoms with Crippen LogP contribution in [0.25, 0.3) is 6.08 Å². The second kappa shape index (κ2) is 8.63. The standard InChI is InChI=1S/C19H21NO3/c1-23-18-14-16(9-11-17(18)21)10-12-19(22)20-13-5-8-15-6-3-2-4-7-15/h2-4,6-7,9-12,14,21H,5,8,13H2,1H3,(H,20,22)/b12-10+. The van der Waals surface area contributed by atoms with Crippen molar-refractivity contribution in [1.29, 1.82) is 0 Å². The molecule has 2 rings (SSSR count). The van der Waals surface area contributed by atoms with Crippen LogP contribution < -0.4 is 10.1 Å². The summed E-state index contributed by atoms with van der Waals surface area (Å²) in [7, 11) is 1.49. The van der Waals surface area contributed by atoms with Crippen molar-refractivity contribution >= 4 is 12.0 Å². The van der Waals surface area contributed by atoms with E-state index in [0.29, 0.717) is 12.3 Å². The molecular weight excluding hydrogens is 290 g/mol. The molecule has 0 aliphatic rings. The molecule has 2 aromatic carbocycles. The molecular formula is C19H21NO3. The molecule has 1 amide bonds. The van der Waals surface area contributed by atoms with Crippen LogP contribution in [0.3, 0.4) is 0 Å². The zero-order valence-corrected chi connectivity index (χ0v) is 13.2. The van der Waals surface area contributed by atoms with Crippen LogP contribution in [-0.2, 0) is 11.2 Å². The normalized spacial score (nSPS) is 10.7. The smallest absolute Gasteiger partial charge is 0.243 e. The fourth-order valence-electron chi connectivity index (χ4n) is 2.18. The van der Waals surface area contributed by atoms with Crippen LogP contribution in [0.1, 0.15) is 17.5 Å². The van der Waals surface area contributed by atoms with Gasteiger partial charge in [0.05, 0.1) is 7.11 Å². The van der Waals surface area contributed by atoms with Gasteiger partial charge in [0, 0.05) is 12.6 Å². The third kappa shape index (κ3) is 5.51. The maximum absolute atomic E-state index is 11.8. The van der Waals surface area contributed by atoms with Gasteiger partial charge < -0.3 is 15.2 Å². The van der Waals surface area contributed by atoms with Crippen LogP contribution >= 0.6 is 0 Å². The summed E-state index contributed by atoms with van der Waals surface area (Å²) in [5, 5.41) is 12.4. The predicted octanol–water partition coefficient (Wildman–Crippen LogP) is 3.16. The number of nitrogens with one attached hydrogen (secondary N) is 1. The molecule has 2 aromatic rings. The van der Waals surface area contributed by atoms with E-state index in [1.807, 2.05) is 18.2 Å². The monoisotopic (exact) mass is 311 g/mol. The quantitative estimate of drug-likeness (QED) is 0.610. The number of phenols is 1. The number of methoxy groups -OCH3 is 1. The lowest BCUT2D eigenvalue weighted by molar-refractivity contribution is -0.116. The highest BCUT2D eigenvalue weighted by Crippen LogP contribution is 2.26. The third-order valence-electron chi connectivity index (χ3n) is 3.42. The van der Waals surface area contributed by atoms with Crippen LogP contribution in [0.2, 0.25) is 0 Å². The summed E-state index contributed by atoms with van der Waals surface area (Å²) >= 11 is 0. The molecule has 2 N–H and O–H groups in total. The largest absolute Gasteiger partial charge is 0.504 e. The zero-order valence-electron chi connectivity index (χ0n) is 13.2. The Morgan fingerprint density at radius 2 is 2.00 bits per heavy atom. The van der Waals surface area contributed by atoms with E-state index in [1.54, 1.807) is 18.2 Å². The number of benzene rings is 2. The van der Waals surface area contributed by atoms with E-state index in [1.165, 1.54) is 24.8 Å². The number of carbonyl (C=O) groups excluding carboxylic acids is 1. The lowest BCUT2D eigenvalue weighted by atomic mass is 10.1. The summed E-state index contributed by atoms with van der Waals surface area (Å²) in [4.78, 5) is 11.8. The molecule has 0 fully saturated rings. The minimum Gasteiger partial charge on any atom is -0.504 e. The zero-order chi connectivity index (χ0) is 16.5. The summed E-state index contributed by atoms with van der Waals surface area (Å²) in [5.74, 6) is 0.329. The molecule has 0 spiro atoms. The van der Waals surface area contributed by atoms with Crippen LogP contribution in [0.5, 0.6) is 11.5 Å². The SMILES string of the molecule is COc1cc(/C=C/C(=O)NCCCc2ccccc2)ccc1O. The molecule has 0 aliphatic heterocycles. The third-order valence-corrected chi connectivity index (χ3v) is 3.42. The van der Waals surface area contributed by atoms with Crippen molar-refractivity contribution in [2.45, 2.75) is 12.8 Å². The van der Waals surface area contributed by atoms with Gasteiger partial charge in [-0.25, -0.2) is 0 Å². The number of hydrogen-bond donors (Lipinski definition) is 2. The lowest BCUT2D eigenvalue weighted by Gasteiger charge is -2.04. The van der Waals surface area contributed by atoms with Crippen LogP contribution in [0, 0.1) is 0 Å². The Labute approximate surface area is 136 Å². The van der Waals surface area contributed by atoms with Gasteiger partial charge >= 0.3 is 0 Å². The molecule has 0 aromatic heterocycles. The number of rotatable bonds is 7. The van der Waals surface area contributed by atoms with Crippen LogP contribution in [-0.4, -0.2) is 24.7 Å².